The Morgan fingerprint density at radius 2 is 1.97 bits per heavy atom. The highest BCUT2D eigenvalue weighted by Crippen LogP contribution is 2.43. The minimum absolute atomic E-state index is 0.0201. The summed E-state index contributed by atoms with van der Waals surface area (Å²) in [5, 5.41) is 14.1. The van der Waals surface area contributed by atoms with Gasteiger partial charge in [-0.1, -0.05) is 0 Å². The molecule has 4 N–H and O–H groups in total. The largest absolute Gasteiger partial charge is 0.504 e. The molecule has 0 saturated heterocycles. The van der Waals surface area contributed by atoms with Gasteiger partial charge in [0.1, 0.15) is 17.7 Å². The van der Waals surface area contributed by atoms with Crippen molar-refractivity contribution in [1.82, 2.24) is 9.97 Å². The molecule has 0 saturated carbocycles. The van der Waals surface area contributed by atoms with Gasteiger partial charge in [-0.25, -0.2) is 9.97 Å². The Morgan fingerprint density at radius 3 is 2.67 bits per heavy atom. The van der Waals surface area contributed by atoms with Gasteiger partial charge in [0.2, 0.25) is 0 Å². The van der Waals surface area contributed by atoms with E-state index in [4.69, 9.17) is 10.5 Å². The molecule has 0 fully saturated rings. The van der Waals surface area contributed by atoms with E-state index in [0.29, 0.717) is 40.3 Å². The Bertz CT molecular complexity index is 1150. The second-order valence-electron chi connectivity index (χ2n) is 7.60. The summed E-state index contributed by atoms with van der Waals surface area (Å²) in [7, 11) is 0. The topological polar surface area (TPSA) is 93.3 Å². The molecule has 9 heteroatoms. The van der Waals surface area contributed by atoms with E-state index in [1.165, 1.54) is 12.1 Å². The number of benzene rings is 2. The second-order valence-corrected chi connectivity index (χ2v) is 7.60. The van der Waals surface area contributed by atoms with E-state index >= 15 is 0 Å². The van der Waals surface area contributed by atoms with Crippen LogP contribution in [-0.2, 0) is 12.6 Å². The highest BCUT2D eigenvalue weighted by atomic mass is 19.4. The quantitative estimate of drug-likeness (QED) is 0.532. The summed E-state index contributed by atoms with van der Waals surface area (Å²) in [4.78, 5) is 8.93. The van der Waals surface area contributed by atoms with Crippen molar-refractivity contribution in [2.45, 2.75) is 45.5 Å². The number of nitrogen functional groups attached to an aromatic ring is 1. The van der Waals surface area contributed by atoms with Crippen molar-refractivity contribution in [3.63, 3.8) is 0 Å². The van der Waals surface area contributed by atoms with Crippen molar-refractivity contribution in [3.05, 3.63) is 46.8 Å². The van der Waals surface area contributed by atoms with Gasteiger partial charge in [-0.3, -0.25) is 0 Å². The smallest absolute Gasteiger partial charge is 0.416 e. The predicted octanol–water partition coefficient (Wildman–Crippen LogP) is 4.74. The molecule has 2 atom stereocenters. The molecular formula is C21H21F3N4O2. The molecular weight excluding hydrogens is 397 g/mol. The van der Waals surface area contributed by atoms with Crippen LogP contribution in [0, 0.1) is 6.92 Å². The summed E-state index contributed by atoms with van der Waals surface area (Å²) >= 11 is 0. The molecule has 1 aliphatic heterocycles. The van der Waals surface area contributed by atoms with Crippen LogP contribution in [0.25, 0.3) is 10.9 Å². The van der Waals surface area contributed by atoms with Gasteiger partial charge in [-0.2, -0.15) is 13.2 Å². The van der Waals surface area contributed by atoms with Crippen LogP contribution in [-0.4, -0.2) is 21.2 Å². The van der Waals surface area contributed by atoms with E-state index in [9.17, 15) is 18.3 Å². The number of aromatic nitrogens is 2. The maximum Gasteiger partial charge on any atom is 0.416 e. The van der Waals surface area contributed by atoms with Crippen LogP contribution in [0.5, 0.6) is 11.5 Å². The van der Waals surface area contributed by atoms with Crippen LogP contribution in [0.2, 0.25) is 0 Å². The molecule has 30 heavy (non-hydrogen) atoms. The number of hydrogen-bond donors (Lipinski definition) is 3. The highest BCUT2D eigenvalue weighted by Gasteiger charge is 2.32. The summed E-state index contributed by atoms with van der Waals surface area (Å²) in [5.41, 5.74) is 6.73. The average Bonchev–Trinajstić information content (AvgIpc) is 3.04. The van der Waals surface area contributed by atoms with Crippen LogP contribution >= 0.6 is 0 Å². The Kier molecular flexibility index (Phi) is 4.63. The van der Waals surface area contributed by atoms with Crippen LogP contribution in [0.3, 0.4) is 0 Å². The van der Waals surface area contributed by atoms with Crippen molar-refractivity contribution < 1.29 is 23.0 Å². The first-order chi connectivity index (χ1) is 14.0. The monoisotopic (exact) mass is 418 g/mol. The van der Waals surface area contributed by atoms with Crippen LogP contribution < -0.4 is 15.8 Å². The number of hydrogen-bond acceptors (Lipinski definition) is 6. The van der Waals surface area contributed by atoms with Gasteiger partial charge >= 0.3 is 6.18 Å². The summed E-state index contributed by atoms with van der Waals surface area (Å²) in [6.45, 7) is 5.35. The van der Waals surface area contributed by atoms with E-state index in [-0.39, 0.29) is 17.5 Å². The van der Waals surface area contributed by atoms with Crippen LogP contribution in [0.15, 0.2) is 24.3 Å². The summed E-state index contributed by atoms with van der Waals surface area (Å²) < 4.78 is 45.2. The first kappa shape index (κ1) is 20.1. The molecule has 0 bridgehead atoms. The molecule has 4 rings (SSSR count). The third-order valence-electron chi connectivity index (χ3n) is 5.10. The number of halogens is 3. The lowest BCUT2D eigenvalue weighted by molar-refractivity contribution is -0.137. The number of alkyl halides is 3. The molecule has 0 amide bonds. The molecule has 1 aromatic heterocycles. The van der Waals surface area contributed by atoms with Gasteiger partial charge in [0.15, 0.2) is 11.5 Å². The van der Waals surface area contributed by atoms with Crippen molar-refractivity contribution in [2.24, 2.45) is 0 Å². The highest BCUT2D eigenvalue weighted by molar-refractivity contribution is 5.95. The Labute approximate surface area is 170 Å². The molecule has 6 nitrogen and oxygen atoms in total. The number of rotatable bonds is 3. The minimum atomic E-state index is -4.49. The maximum absolute atomic E-state index is 13.2. The molecule has 0 radical (unpaired) electrons. The average molecular weight is 418 g/mol. The van der Waals surface area contributed by atoms with E-state index in [2.05, 4.69) is 15.3 Å². The number of ether oxygens (including phenoxy) is 1. The number of nitrogens with zero attached hydrogens (tertiary/aromatic N) is 2. The fourth-order valence-electron chi connectivity index (χ4n) is 3.75. The van der Waals surface area contributed by atoms with Crippen molar-refractivity contribution in [3.8, 4) is 11.5 Å². The van der Waals surface area contributed by atoms with Crippen molar-refractivity contribution >= 4 is 22.4 Å². The molecule has 2 heterocycles. The number of aryl methyl sites for hydroxylation is 1. The summed E-state index contributed by atoms with van der Waals surface area (Å²) in [5.74, 6) is 1.30. The Hall–Kier alpha value is -3.23. The van der Waals surface area contributed by atoms with Gasteiger partial charge < -0.3 is 20.9 Å². The number of nitrogens with two attached hydrogens (primary N) is 1. The standard InChI is InChI=1S/C21H21F3N4O2/c1-9-4-15-18-16(8-17(29)19(15)30-9)20(28-11(3)27-18)26-10(2)12-5-13(21(22,23)24)7-14(25)6-12/h5-10,29H,4,25H2,1-3H3,(H,26,27,28)/t9?,10-/m1/s1. The van der Waals surface area contributed by atoms with Gasteiger partial charge in [0, 0.05) is 23.1 Å². The zero-order valence-electron chi connectivity index (χ0n) is 16.6. The normalized spacial score (nSPS) is 16.9. The first-order valence-corrected chi connectivity index (χ1v) is 9.47. The second kappa shape index (κ2) is 6.93. The number of nitrogens with one attached hydrogen (secondary N) is 1. The number of aromatic hydroxyl groups is 1. The van der Waals surface area contributed by atoms with Gasteiger partial charge in [-0.15, -0.1) is 0 Å². The predicted molar refractivity (Wildman–Crippen MR) is 108 cm³/mol. The number of anilines is 2. The third-order valence-corrected chi connectivity index (χ3v) is 5.10. The van der Waals surface area contributed by atoms with E-state index in [0.717, 1.165) is 17.7 Å². The van der Waals surface area contributed by atoms with Gasteiger partial charge in [-0.05, 0) is 50.6 Å². The maximum atomic E-state index is 13.2. The number of phenolic OH excluding ortho intramolecular Hbond substituents is 1. The first-order valence-electron chi connectivity index (χ1n) is 9.47. The summed E-state index contributed by atoms with van der Waals surface area (Å²) in [6, 6.07) is 4.45. The fourth-order valence-corrected chi connectivity index (χ4v) is 3.75. The zero-order chi connectivity index (χ0) is 21.8. The summed E-state index contributed by atoms with van der Waals surface area (Å²) in [6.07, 6.45) is -3.99. The number of fused-ring (bicyclic) bond motifs is 3. The van der Waals surface area contributed by atoms with Gasteiger partial charge in [0.25, 0.3) is 0 Å². The minimum Gasteiger partial charge on any atom is -0.504 e. The third kappa shape index (κ3) is 3.55. The van der Waals surface area contributed by atoms with E-state index < -0.39 is 17.8 Å². The Morgan fingerprint density at radius 1 is 1.23 bits per heavy atom. The van der Waals surface area contributed by atoms with E-state index in [1.807, 2.05) is 6.92 Å². The van der Waals surface area contributed by atoms with E-state index in [1.54, 1.807) is 13.8 Å². The molecule has 1 aliphatic rings. The number of phenols is 1. The fraction of sp³-hybridized carbons (Fsp3) is 0.333. The molecule has 158 valence electrons. The molecule has 0 aliphatic carbocycles. The molecule has 0 spiro atoms. The lowest BCUT2D eigenvalue weighted by Gasteiger charge is -2.19. The van der Waals surface area contributed by atoms with Crippen LogP contribution in [0.4, 0.5) is 24.7 Å². The SMILES string of the molecule is Cc1nc(N[C@H](C)c2cc(N)cc(C(F)(F)F)c2)c2cc(O)c3c(c2n1)CC(C)O3. The lowest BCUT2D eigenvalue weighted by Crippen LogP contribution is -2.13. The Balaban J connectivity index is 1.77. The lowest BCUT2D eigenvalue weighted by atomic mass is 10.0. The van der Waals surface area contributed by atoms with Gasteiger partial charge in [0.05, 0.1) is 17.1 Å². The molecule has 1 unspecified atom stereocenters. The zero-order valence-corrected chi connectivity index (χ0v) is 16.6. The molecule has 2 aromatic carbocycles. The molecule has 3 aromatic rings. The van der Waals surface area contributed by atoms with Crippen molar-refractivity contribution in [2.75, 3.05) is 11.1 Å². The van der Waals surface area contributed by atoms with Crippen LogP contribution in [0.1, 0.15) is 42.4 Å². The van der Waals surface area contributed by atoms with Crippen molar-refractivity contribution in [1.29, 1.82) is 0 Å².